The Morgan fingerprint density at radius 2 is 2.05 bits per heavy atom. The van der Waals surface area contributed by atoms with Crippen LogP contribution in [0.4, 0.5) is 5.69 Å². The molecule has 0 saturated carbocycles. The van der Waals surface area contributed by atoms with Gasteiger partial charge in [-0.05, 0) is 17.7 Å². The predicted octanol–water partition coefficient (Wildman–Crippen LogP) is 2.26. The number of morpholine rings is 1. The third-order valence-corrected chi connectivity index (χ3v) is 3.80. The number of methoxy groups -OCH3 is 1. The van der Waals surface area contributed by atoms with Crippen molar-refractivity contribution in [2.45, 2.75) is 19.3 Å². The molecule has 1 fully saturated rings. The smallest absolute Gasteiger partial charge is 0.307 e. The molecule has 22 heavy (non-hydrogen) atoms. The fraction of sp³-hybridized carbons (Fsp3) is 0.529. The molecule has 1 aliphatic heterocycles. The van der Waals surface area contributed by atoms with E-state index in [1.54, 1.807) is 0 Å². The molecule has 120 valence electrons. The normalized spacial score (nSPS) is 16.7. The molecule has 0 bridgehead atoms. The molecule has 0 radical (unpaired) electrons. The Kier molecular flexibility index (Phi) is 6.40. The quantitative estimate of drug-likeness (QED) is 0.597. The lowest BCUT2D eigenvalue weighted by atomic mass is 10.0. The van der Waals surface area contributed by atoms with Crippen LogP contribution in [0.25, 0.3) is 0 Å². The summed E-state index contributed by atoms with van der Waals surface area (Å²) in [6, 6.07) is 8.59. The van der Waals surface area contributed by atoms with Crippen LogP contribution >= 0.6 is 0 Å². The Hall–Kier alpha value is -1.88. The first-order chi connectivity index (χ1) is 10.7. The van der Waals surface area contributed by atoms with E-state index in [1.807, 2.05) is 6.21 Å². The van der Waals surface area contributed by atoms with E-state index in [1.165, 1.54) is 18.4 Å². The molecule has 1 aromatic rings. The average molecular weight is 304 g/mol. The summed E-state index contributed by atoms with van der Waals surface area (Å²) in [6.45, 7) is 6.07. The van der Waals surface area contributed by atoms with Crippen molar-refractivity contribution >= 4 is 17.9 Å². The number of aliphatic imine (C=N–C) groups is 1. The van der Waals surface area contributed by atoms with E-state index in [-0.39, 0.29) is 11.9 Å². The molecule has 0 spiro atoms. The second-order valence-corrected chi connectivity index (χ2v) is 5.36. The third kappa shape index (κ3) is 4.84. The number of hydrogen-bond donors (Lipinski definition) is 0. The first kappa shape index (κ1) is 16.5. The molecule has 0 N–H and O–H groups in total. The first-order valence-electron chi connectivity index (χ1n) is 7.70. The monoisotopic (exact) mass is 304 g/mol. The van der Waals surface area contributed by atoms with E-state index < -0.39 is 0 Å². The summed E-state index contributed by atoms with van der Waals surface area (Å²) in [7, 11) is 1.39. The fourth-order valence-electron chi connectivity index (χ4n) is 2.39. The number of carbonyl (C=O) groups excluding carboxylic acids is 1. The van der Waals surface area contributed by atoms with Crippen molar-refractivity contribution in [1.82, 2.24) is 0 Å². The number of carbonyl (C=O) groups is 1. The van der Waals surface area contributed by atoms with E-state index in [0.29, 0.717) is 13.0 Å². The highest BCUT2D eigenvalue weighted by Crippen LogP contribution is 2.20. The molecule has 1 aliphatic rings. The van der Waals surface area contributed by atoms with Gasteiger partial charge in [-0.25, -0.2) is 0 Å². The Morgan fingerprint density at radius 1 is 1.36 bits per heavy atom. The summed E-state index contributed by atoms with van der Waals surface area (Å²) < 4.78 is 9.96. The molecule has 1 atom stereocenters. The lowest BCUT2D eigenvalue weighted by Gasteiger charge is -2.29. The van der Waals surface area contributed by atoms with E-state index in [0.717, 1.165) is 26.3 Å². The van der Waals surface area contributed by atoms with E-state index in [2.05, 4.69) is 45.8 Å². The van der Waals surface area contributed by atoms with Gasteiger partial charge in [-0.2, -0.15) is 0 Å². The van der Waals surface area contributed by atoms with E-state index in [4.69, 9.17) is 4.74 Å². The van der Waals surface area contributed by atoms with Crippen LogP contribution in [0.2, 0.25) is 0 Å². The fourth-order valence-corrected chi connectivity index (χ4v) is 2.39. The van der Waals surface area contributed by atoms with Crippen molar-refractivity contribution in [2.24, 2.45) is 4.99 Å². The number of rotatable bonds is 6. The largest absolute Gasteiger partial charge is 0.469 e. The van der Waals surface area contributed by atoms with Crippen LogP contribution in [0.3, 0.4) is 0 Å². The molecule has 2 rings (SSSR count). The van der Waals surface area contributed by atoms with Gasteiger partial charge in [0.25, 0.3) is 0 Å². The van der Waals surface area contributed by atoms with Crippen molar-refractivity contribution in [3.05, 3.63) is 29.8 Å². The molecule has 5 heteroatoms. The topological polar surface area (TPSA) is 51.1 Å². The first-order valence-corrected chi connectivity index (χ1v) is 7.70. The molecule has 0 amide bonds. The number of hydrogen-bond acceptors (Lipinski definition) is 5. The van der Waals surface area contributed by atoms with Gasteiger partial charge in [0, 0.05) is 37.5 Å². The minimum atomic E-state index is -0.223. The molecule has 5 nitrogen and oxygen atoms in total. The summed E-state index contributed by atoms with van der Waals surface area (Å²) in [4.78, 5) is 17.6. The molecule has 0 aromatic heterocycles. The second-order valence-electron chi connectivity index (χ2n) is 5.36. The summed E-state index contributed by atoms with van der Waals surface area (Å²) in [5.74, 6) is 0.0102. The molecule has 1 unspecified atom stereocenters. The lowest BCUT2D eigenvalue weighted by molar-refractivity contribution is -0.140. The second kappa shape index (κ2) is 8.54. The lowest BCUT2D eigenvalue weighted by Crippen LogP contribution is -2.36. The summed E-state index contributed by atoms with van der Waals surface area (Å²) in [6.07, 6.45) is 2.22. The molecule has 1 heterocycles. The van der Waals surface area contributed by atoms with E-state index in [9.17, 15) is 4.79 Å². The van der Waals surface area contributed by atoms with Gasteiger partial charge in [0.15, 0.2) is 0 Å². The molecular formula is C17H24N2O3. The van der Waals surface area contributed by atoms with Crippen LogP contribution in [-0.2, 0) is 14.3 Å². The third-order valence-electron chi connectivity index (χ3n) is 3.80. The molecule has 1 saturated heterocycles. The maximum absolute atomic E-state index is 11.0. The van der Waals surface area contributed by atoms with Gasteiger partial charge in [0.2, 0.25) is 0 Å². The van der Waals surface area contributed by atoms with Crippen LogP contribution in [0.5, 0.6) is 0 Å². The van der Waals surface area contributed by atoms with Gasteiger partial charge in [0.1, 0.15) is 0 Å². The Bertz CT molecular complexity index is 493. The van der Waals surface area contributed by atoms with Gasteiger partial charge in [-0.1, -0.05) is 19.1 Å². The minimum Gasteiger partial charge on any atom is -0.469 e. The number of ether oxygens (including phenoxy) is 2. The summed E-state index contributed by atoms with van der Waals surface area (Å²) in [5.41, 5.74) is 2.46. The Labute approximate surface area is 131 Å². The van der Waals surface area contributed by atoms with Crippen molar-refractivity contribution < 1.29 is 14.3 Å². The number of esters is 1. The minimum absolute atomic E-state index is 0.223. The number of benzene rings is 1. The van der Waals surface area contributed by atoms with Gasteiger partial charge in [-0.3, -0.25) is 9.79 Å². The maximum atomic E-state index is 11.0. The summed E-state index contributed by atoms with van der Waals surface area (Å²) >= 11 is 0. The predicted molar refractivity (Wildman–Crippen MR) is 87.9 cm³/mol. The van der Waals surface area contributed by atoms with Gasteiger partial charge in [-0.15, -0.1) is 0 Å². The van der Waals surface area contributed by atoms with Crippen LogP contribution in [0.15, 0.2) is 29.3 Å². The van der Waals surface area contributed by atoms with Crippen molar-refractivity contribution in [2.75, 3.05) is 44.9 Å². The SMILES string of the molecule is COC(=O)CCN=CC(C)c1ccc(N2CCOCC2)cc1. The van der Waals surface area contributed by atoms with E-state index >= 15 is 0 Å². The zero-order chi connectivity index (χ0) is 15.8. The molecule has 1 aromatic carbocycles. The van der Waals surface area contributed by atoms with Crippen molar-refractivity contribution in [3.63, 3.8) is 0 Å². The number of anilines is 1. The van der Waals surface area contributed by atoms with Crippen LogP contribution in [0.1, 0.15) is 24.8 Å². The highest BCUT2D eigenvalue weighted by molar-refractivity contribution is 5.71. The summed E-state index contributed by atoms with van der Waals surface area (Å²) in [5, 5.41) is 0. The zero-order valence-corrected chi connectivity index (χ0v) is 13.3. The average Bonchev–Trinajstić information content (AvgIpc) is 2.59. The Morgan fingerprint density at radius 3 is 2.68 bits per heavy atom. The van der Waals surface area contributed by atoms with Crippen LogP contribution in [0, 0.1) is 0 Å². The molecule has 0 aliphatic carbocycles. The Balaban J connectivity index is 1.86. The van der Waals surface area contributed by atoms with Crippen LogP contribution < -0.4 is 4.90 Å². The van der Waals surface area contributed by atoms with Gasteiger partial charge >= 0.3 is 5.97 Å². The highest BCUT2D eigenvalue weighted by Gasteiger charge is 2.11. The molecular weight excluding hydrogens is 280 g/mol. The highest BCUT2D eigenvalue weighted by atomic mass is 16.5. The van der Waals surface area contributed by atoms with Crippen LogP contribution in [-0.4, -0.2) is 52.1 Å². The van der Waals surface area contributed by atoms with Gasteiger partial charge in [0.05, 0.1) is 26.7 Å². The maximum Gasteiger partial charge on any atom is 0.307 e. The zero-order valence-electron chi connectivity index (χ0n) is 13.3. The number of nitrogens with zero attached hydrogens (tertiary/aromatic N) is 2. The standard InChI is InChI=1S/C17H24N2O3/c1-14(13-18-8-7-17(20)21-2)15-3-5-16(6-4-15)19-9-11-22-12-10-19/h3-6,13-14H,7-12H2,1-2H3. The van der Waals surface area contributed by atoms with Gasteiger partial charge < -0.3 is 14.4 Å². The van der Waals surface area contributed by atoms with Crippen molar-refractivity contribution in [1.29, 1.82) is 0 Å². The van der Waals surface area contributed by atoms with Crippen molar-refractivity contribution in [3.8, 4) is 0 Å².